The number of hydrogen-bond donors (Lipinski definition) is 0. The summed E-state index contributed by atoms with van der Waals surface area (Å²) in [4.78, 5) is 6.64. The molecular formula is C17H16BrN3O. The normalized spacial score (nSPS) is 18.0. The highest BCUT2D eigenvalue weighted by atomic mass is 79.9. The second-order valence-corrected chi connectivity index (χ2v) is 6.22. The van der Waals surface area contributed by atoms with Gasteiger partial charge in [-0.1, -0.05) is 34.1 Å². The zero-order valence-corrected chi connectivity index (χ0v) is 13.9. The Labute approximate surface area is 138 Å². The maximum atomic E-state index is 9.14. The molecule has 1 unspecified atom stereocenters. The van der Waals surface area contributed by atoms with Crippen LogP contribution in [0.15, 0.2) is 40.9 Å². The quantitative estimate of drug-likeness (QED) is 0.823. The van der Waals surface area contributed by atoms with Crippen LogP contribution in [0.3, 0.4) is 0 Å². The number of hydrogen-bond acceptors (Lipinski definition) is 4. The largest absolute Gasteiger partial charge is 0.370 e. The van der Waals surface area contributed by atoms with Crippen LogP contribution >= 0.6 is 15.9 Å². The minimum atomic E-state index is 0.0138. The minimum absolute atomic E-state index is 0.0138. The third-order valence-corrected chi connectivity index (χ3v) is 4.29. The topological polar surface area (TPSA) is 49.1 Å². The van der Waals surface area contributed by atoms with Crippen molar-refractivity contribution in [1.82, 2.24) is 4.98 Å². The van der Waals surface area contributed by atoms with Crippen molar-refractivity contribution in [2.45, 2.75) is 13.0 Å². The van der Waals surface area contributed by atoms with E-state index in [2.05, 4.69) is 44.0 Å². The maximum absolute atomic E-state index is 9.14. The molecule has 0 amide bonds. The Morgan fingerprint density at radius 1 is 1.36 bits per heavy atom. The predicted octanol–water partition coefficient (Wildman–Crippen LogP) is 3.60. The summed E-state index contributed by atoms with van der Waals surface area (Å²) < 4.78 is 6.94. The molecule has 1 saturated heterocycles. The summed E-state index contributed by atoms with van der Waals surface area (Å²) in [5, 5.41) is 9.14. The second-order valence-electron chi connectivity index (χ2n) is 5.31. The second kappa shape index (κ2) is 6.47. The van der Waals surface area contributed by atoms with Crippen LogP contribution in [0.2, 0.25) is 0 Å². The standard InChI is InChI=1S/C17H16BrN3O/c1-12-5-6-17(20-15(12)10-19)21-7-8-22-16(11-21)13-3-2-4-14(18)9-13/h2-6,9,16H,7-8,11H2,1H3. The molecule has 0 aliphatic carbocycles. The molecule has 0 spiro atoms. The van der Waals surface area contributed by atoms with E-state index in [0.29, 0.717) is 12.3 Å². The third-order valence-electron chi connectivity index (χ3n) is 3.80. The van der Waals surface area contributed by atoms with Gasteiger partial charge in [-0.15, -0.1) is 0 Å². The predicted molar refractivity (Wildman–Crippen MR) is 88.7 cm³/mol. The molecule has 1 aromatic carbocycles. The minimum Gasteiger partial charge on any atom is -0.370 e. The summed E-state index contributed by atoms with van der Waals surface area (Å²) in [7, 11) is 0. The molecule has 22 heavy (non-hydrogen) atoms. The molecule has 1 aliphatic heterocycles. The van der Waals surface area contributed by atoms with E-state index in [1.165, 1.54) is 0 Å². The summed E-state index contributed by atoms with van der Waals surface area (Å²) in [6.45, 7) is 4.07. The first-order valence-electron chi connectivity index (χ1n) is 7.17. The molecule has 1 aromatic heterocycles. The van der Waals surface area contributed by atoms with Crippen LogP contribution in [-0.2, 0) is 4.74 Å². The Balaban J connectivity index is 1.83. The molecule has 5 heteroatoms. The van der Waals surface area contributed by atoms with Crippen molar-refractivity contribution in [2.24, 2.45) is 0 Å². The van der Waals surface area contributed by atoms with Gasteiger partial charge in [0.1, 0.15) is 23.7 Å². The fraction of sp³-hybridized carbons (Fsp3) is 0.294. The zero-order valence-electron chi connectivity index (χ0n) is 12.3. The first-order valence-corrected chi connectivity index (χ1v) is 7.96. The van der Waals surface area contributed by atoms with Gasteiger partial charge in [0, 0.05) is 17.6 Å². The smallest absolute Gasteiger partial charge is 0.145 e. The van der Waals surface area contributed by atoms with Crippen LogP contribution < -0.4 is 4.90 Å². The Hall–Kier alpha value is -1.90. The van der Waals surface area contributed by atoms with Crippen molar-refractivity contribution in [3.05, 3.63) is 57.7 Å². The first kappa shape index (κ1) is 15.0. The number of morpholine rings is 1. The highest BCUT2D eigenvalue weighted by Gasteiger charge is 2.23. The van der Waals surface area contributed by atoms with Gasteiger partial charge in [-0.3, -0.25) is 0 Å². The Bertz CT molecular complexity index is 726. The van der Waals surface area contributed by atoms with Crippen LogP contribution in [0.1, 0.15) is 22.9 Å². The van der Waals surface area contributed by atoms with Crippen molar-refractivity contribution in [1.29, 1.82) is 5.26 Å². The van der Waals surface area contributed by atoms with E-state index in [0.717, 1.165) is 34.5 Å². The van der Waals surface area contributed by atoms with E-state index < -0.39 is 0 Å². The fourth-order valence-corrected chi connectivity index (χ4v) is 2.99. The lowest BCUT2D eigenvalue weighted by atomic mass is 10.1. The molecular weight excluding hydrogens is 342 g/mol. The van der Waals surface area contributed by atoms with Gasteiger partial charge in [-0.25, -0.2) is 4.98 Å². The van der Waals surface area contributed by atoms with Crippen molar-refractivity contribution in [3.63, 3.8) is 0 Å². The van der Waals surface area contributed by atoms with E-state index >= 15 is 0 Å². The van der Waals surface area contributed by atoms with E-state index in [1.807, 2.05) is 31.2 Å². The zero-order chi connectivity index (χ0) is 15.5. The number of rotatable bonds is 2. The van der Waals surface area contributed by atoms with Crippen molar-refractivity contribution in [3.8, 4) is 6.07 Å². The first-order chi connectivity index (χ1) is 10.7. The lowest BCUT2D eigenvalue weighted by Gasteiger charge is -2.34. The van der Waals surface area contributed by atoms with Crippen molar-refractivity contribution in [2.75, 3.05) is 24.6 Å². The molecule has 4 nitrogen and oxygen atoms in total. The molecule has 0 bridgehead atoms. The molecule has 2 heterocycles. The molecule has 112 valence electrons. The Kier molecular flexibility index (Phi) is 4.41. The average Bonchev–Trinajstić information content (AvgIpc) is 2.55. The lowest BCUT2D eigenvalue weighted by Crippen LogP contribution is -2.39. The number of benzene rings is 1. The van der Waals surface area contributed by atoms with Gasteiger partial charge in [0.05, 0.1) is 6.61 Å². The van der Waals surface area contributed by atoms with Crippen LogP contribution in [0.25, 0.3) is 0 Å². The molecule has 1 atom stereocenters. The number of aryl methyl sites for hydroxylation is 1. The summed E-state index contributed by atoms with van der Waals surface area (Å²) >= 11 is 3.50. The van der Waals surface area contributed by atoms with Crippen LogP contribution in [-0.4, -0.2) is 24.7 Å². The highest BCUT2D eigenvalue weighted by molar-refractivity contribution is 9.10. The molecule has 1 aliphatic rings. The van der Waals surface area contributed by atoms with E-state index in [4.69, 9.17) is 10.00 Å². The van der Waals surface area contributed by atoms with Crippen LogP contribution in [0.4, 0.5) is 5.82 Å². The number of anilines is 1. The lowest BCUT2D eigenvalue weighted by molar-refractivity contribution is 0.0395. The molecule has 0 saturated carbocycles. The fourth-order valence-electron chi connectivity index (χ4n) is 2.57. The van der Waals surface area contributed by atoms with Gasteiger partial charge in [0.15, 0.2) is 0 Å². The maximum Gasteiger partial charge on any atom is 0.145 e. The van der Waals surface area contributed by atoms with Gasteiger partial charge in [-0.05, 0) is 36.2 Å². The number of aromatic nitrogens is 1. The van der Waals surface area contributed by atoms with Gasteiger partial charge in [0.25, 0.3) is 0 Å². The van der Waals surface area contributed by atoms with Gasteiger partial charge in [-0.2, -0.15) is 5.26 Å². The molecule has 0 radical (unpaired) electrons. The van der Waals surface area contributed by atoms with Gasteiger partial charge in [0.2, 0.25) is 0 Å². The number of ether oxygens (including phenoxy) is 1. The summed E-state index contributed by atoms with van der Waals surface area (Å²) in [5.74, 6) is 0.838. The number of nitriles is 1. The SMILES string of the molecule is Cc1ccc(N2CCOC(c3cccc(Br)c3)C2)nc1C#N. The average molecular weight is 358 g/mol. The summed E-state index contributed by atoms with van der Waals surface area (Å²) in [5.41, 5.74) is 2.54. The Morgan fingerprint density at radius 3 is 3.00 bits per heavy atom. The van der Waals surface area contributed by atoms with E-state index in [1.54, 1.807) is 0 Å². The van der Waals surface area contributed by atoms with Gasteiger partial charge >= 0.3 is 0 Å². The van der Waals surface area contributed by atoms with Crippen molar-refractivity contribution < 1.29 is 4.74 Å². The molecule has 2 aromatic rings. The van der Waals surface area contributed by atoms with E-state index in [-0.39, 0.29) is 6.10 Å². The number of pyridine rings is 1. The van der Waals surface area contributed by atoms with Gasteiger partial charge < -0.3 is 9.64 Å². The van der Waals surface area contributed by atoms with E-state index in [9.17, 15) is 0 Å². The van der Waals surface area contributed by atoms with Crippen LogP contribution in [0.5, 0.6) is 0 Å². The highest BCUT2D eigenvalue weighted by Crippen LogP contribution is 2.27. The molecule has 3 rings (SSSR count). The molecule has 0 N–H and O–H groups in total. The summed E-state index contributed by atoms with van der Waals surface area (Å²) in [6, 6.07) is 14.2. The number of halogens is 1. The summed E-state index contributed by atoms with van der Waals surface area (Å²) in [6.07, 6.45) is 0.0138. The Morgan fingerprint density at radius 2 is 2.23 bits per heavy atom. The molecule has 1 fully saturated rings. The van der Waals surface area contributed by atoms with Crippen LogP contribution in [0, 0.1) is 18.3 Å². The third kappa shape index (κ3) is 3.13. The van der Waals surface area contributed by atoms with Crippen molar-refractivity contribution >= 4 is 21.7 Å². The number of nitrogens with zero attached hydrogens (tertiary/aromatic N) is 3. The monoisotopic (exact) mass is 357 g/mol.